The molecule has 0 fully saturated rings. The van der Waals surface area contributed by atoms with E-state index in [1.807, 2.05) is 19.2 Å². The van der Waals surface area contributed by atoms with Crippen LogP contribution in [-0.2, 0) is 0 Å². The second kappa shape index (κ2) is 8.46. The smallest absolute Gasteiger partial charge is 0.319 e. The maximum Gasteiger partial charge on any atom is 0.319 e. The first kappa shape index (κ1) is 18.5. The van der Waals surface area contributed by atoms with Crippen molar-refractivity contribution < 1.29 is 14.3 Å². The molecule has 3 aromatic rings. The topological polar surface area (TPSA) is 115 Å². The fourth-order valence-electron chi connectivity index (χ4n) is 2.77. The van der Waals surface area contributed by atoms with Gasteiger partial charge in [0.25, 0.3) is 0 Å². The zero-order chi connectivity index (χ0) is 20.1. The van der Waals surface area contributed by atoms with Crippen LogP contribution in [0.1, 0.15) is 5.69 Å². The van der Waals surface area contributed by atoms with Crippen LogP contribution < -0.4 is 25.4 Å². The second-order valence-corrected chi connectivity index (χ2v) is 6.33. The minimum Gasteiger partial charge on any atom is -0.486 e. The van der Waals surface area contributed by atoms with Crippen LogP contribution in [0.25, 0.3) is 5.82 Å². The molecule has 0 radical (unpaired) electrons. The van der Waals surface area contributed by atoms with E-state index in [9.17, 15) is 4.79 Å². The Labute approximate surface area is 167 Å². The summed E-state index contributed by atoms with van der Waals surface area (Å²) in [5, 5.41) is 13.0. The predicted molar refractivity (Wildman–Crippen MR) is 107 cm³/mol. The summed E-state index contributed by atoms with van der Waals surface area (Å²) in [7, 11) is 0. The molecule has 0 saturated carbocycles. The Bertz CT molecular complexity index is 1000. The van der Waals surface area contributed by atoms with Crippen molar-refractivity contribution in [3.05, 3.63) is 48.5 Å². The van der Waals surface area contributed by atoms with Crippen LogP contribution in [0.3, 0.4) is 0 Å². The lowest BCUT2D eigenvalue weighted by molar-refractivity contribution is 0.171. The molecule has 1 aliphatic heterocycles. The van der Waals surface area contributed by atoms with Gasteiger partial charge in [-0.2, -0.15) is 5.10 Å². The summed E-state index contributed by atoms with van der Waals surface area (Å²) in [6.45, 7) is 3.86. The summed E-state index contributed by atoms with van der Waals surface area (Å²) in [5.41, 5.74) is 1.54. The van der Waals surface area contributed by atoms with E-state index in [-0.39, 0.29) is 6.03 Å². The lowest BCUT2D eigenvalue weighted by Gasteiger charge is -2.19. The number of carbonyl (C=O) groups excluding carboxylic acids is 1. The van der Waals surface area contributed by atoms with Crippen LogP contribution in [0, 0.1) is 6.92 Å². The molecular formula is C19H21N7O3. The molecule has 1 aromatic carbocycles. The summed E-state index contributed by atoms with van der Waals surface area (Å²) < 4.78 is 12.7. The van der Waals surface area contributed by atoms with E-state index in [0.717, 1.165) is 5.69 Å². The molecule has 3 N–H and O–H groups in total. The molecule has 2 amide bonds. The molecule has 0 atom stereocenters. The van der Waals surface area contributed by atoms with Crippen molar-refractivity contribution in [3.8, 4) is 17.3 Å². The second-order valence-electron chi connectivity index (χ2n) is 6.33. The number of fused-ring (bicyclic) bond motifs is 1. The fraction of sp³-hybridized carbons (Fsp3) is 0.263. The molecular weight excluding hydrogens is 374 g/mol. The highest BCUT2D eigenvalue weighted by Crippen LogP contribution is 2.32. The number of aromatic nitrogens is 4. The summed E-state index contributed by atoms with van der Waals surface area (Å²) in [6, 6.07) is 8.68. The van der Waals surface area contributed by atoms with Crippen LogP contribution in [0.4, 0.5) is 16.3 Å². The Morgan fingerprint density at radius 3 is 2.79 bits per heavy atom. The number of nitrogens with one attached hydrogen (secondary N) is 3. The number of rotatable bonds is 6. The Hall–Kier alpha value is -3.82. The molecule has 0 aliphatic carbocycles. The van der Waals surface area contributed by atoms with Gasteiger partial charge in [0.1, 0.15) is 25.4 Å². The Morgan fingerprint density at radius 2 is 1.97 bits per heavy atom. The number of hydrogen-bond donors (Lipinski definition) is 3. The molecule has 1 aliphatic rings. The quantitative estimate of drug-likeness (QED) is 0.547. The van der Waals surface area contributed by atoms with Crippen molar-refractivity contribution in [1.82, 2.24) is 25.1 Å². The number of carbonyl (C=O) groups is 1. The number of aryl methyl sites for hydroxylation is 1. The fourth-order valence-corrected chi connectivity index (χ4v) is 2.77. The van der Waals surface area contributed by atoms with Gasteiger partial charge in [-0.1, -0.05) is 0 Å². The lowest BCUT2D eigenvalue weighted by atomic mass is 10.2. The highest BCUT2D eigenvalue weighted by Gasteiger charge is 2.12. The minimum absolute atomic E-state index is 0.307. The number of benzene rings is 1. The molecule has 4 rings (SSSR count). The predicted octanol–water partition coefficient (Wildman–Crippen LogP) is 1.98. The van der Waals surface area contributed by atoms with E-state index >= 15 is 0 Å². The van der Waals surface area contributed by atoms with E-state index in [1.54, 1.807) is 28.9 Å². The van der Waals surface area contributed by atoms with Crippen LogP contribution in [-0.4, -0.2) is 52.1 Å². The van der Waals surface area contributed by atoms with Crippen LogP contribution in [0.5, 0.6) is 11.5 Å². The molecule has 3 heterocycles. The zero-order valence-electron chi connectivity index (χ0n) is 15.9. The van der Waals surface area contributed by atoms with Gasteiger partial charge in [-0.05, 0) is 25.1 Å². The van der Waals surface area contributed by atoms with Gasteiger partial charge in [-0.3, -0.25) is 0 Å². The van der Waals surface area contributed by atoms with Crippen molar-refractivity contribution in [1.29, 1.82) is 0 Å². The Morgan fingerprint density at radius 1 is 1.10 bits per heavy atom. The van der Waals surface area contributed by atoms with Gasteiger partial charge in [0.2, 0.25) is 0 Å². The van der Waals surface area contributed by atoms with Gasteiger partial charge in [-0.25, -0.2) is 19.4 Å². The number of ether oxygens (including phenoxy) is 2. The first-order chi connectivity index (χ1) is 14.2. The first-order valence-electron chi connectivity index (χ1n) is 9.20. The maximum absolute atomic E-state index is 12.1. The summed E-state index contributed by atoms with van der Waals surface area (Å²) in [4.78, 5) is 20.5. The van der Waals surface area contributed by atoms with Crippen molar-refractivity contribution >= 4 is 17.5 Å². The van der Waals surface area contributed by atoms with E-state index in [2.05, 4.69) is 31.0 Å². The van der Waals surface area contributed by atoms with Crippen molar-refractivity contribution in [2.75, 3.05) is 36.9 Å². The van der Waals surface area contributed by atoms with E-state index in [0.29, 0.717) is 55.1 Å². The summed E-state index contributed by atoms with van der Waals surface area (Å²) in [6.07, 6.45) is 3.31. The third-order valence-corrected chi connectivity index (χ3v) is 4.13. The highest BCUT2D eigenvalue weighted by molar-refractivity contribution is 5.89. The number of nitrogens with zero attached hydrogens (tertiary/aromatic N) is 4. The average Bonchev–Trinajstić information content (AvgIpc) is 3.18. The molecule has 2 aromatic heterocycles. The normalized spacial score (nSPS) is 12.3. The molecule has 0 unspecified atom stereocenters. The number of amides is 2. The minimum atomic E-state index is -0.307. The van der Waals surface area contributed by atoms with Crippen molar-refractivity contribution in [3.63, 3.8) is 0 Å². The summed E-state index contributed by atoms with van der Waals surface area (Å²) >= 11 is 0. The van der Waals surface area contributed by atoms with E-state index < -0.39 is 0 Å². The van der Waals surface area contributed by atoms with Crippen molar-refractivity contribution in [2.24, 2.45) is 0 Å². The zero-order valence-corrected chi connectivity index (χ0v) is 15.9. The summed E-state index contributed by atoms with van der Waals surface area (Å²) in [5.74, 6) is 2.63. The molecule has 10 nitrogen and oxygen atoms in total. The van der Waals surface area contributed by atoms with Crippen LogP contribution >= 0.6 is 0 Å². The molecule has 10 heteroatoms. The highest BCUT2D eigenvalue weighted by atomic mass is 16.6. The van der Waals surface area contributed by atoms with E-state index in [1.165, 1.54) is 6.33 Å². The largest absolute Gasteiger partial charge is 0.486 e. The average molecular weight is 395 g/mol. The third-order valence-electron chi connectivity index (χ3n) is 4.13. The Kier molecular flexibility index (Phi) is 5.41. The van der Waals surface area contributed by atoms with Crippen LogP contribution in [0.2, 0.25) is 0 Å². The van der Waals surface area contributed by atoms with Gasteiger partial charge in [0.05, 0.1) is 5.69 Å². The van der Waals surface area contributed by atoms with E-state index in [4.69, 9.17) is 9.47 Å². The van der Waals surface area contributed by atoms with Gasteiger partial charge in [0.15, 0.2) is 17.3 Å². The monoisotopic (exact) mass is 395 g/mol. The number of urea groups is 1. The van der Waals surface area contributed by atoms with Gasteiger partial charge in [0, 0.05) is 37.1 Å². The maximum atomic E-state index is 12.1. The number of hydrogen-bond acceptors (Lipinski definition) is 7. The standard InChI is InChI=1S/C19H21N7O3/c1-13-4-7-26(25-13)18-11-17(22-12-23-18)20-5-6-21-19(27)24-14-2-3-15-16(10-14)29-9-8-28-15/h2-4,7,10-12H,5-6,8-9H2,1H3,(H,20,22,23)(H2,21,24,27). The lowest BCUT2D eigenvalue weighted by Crippen LogP contribution is -2.32. The molecule has 0 spiro atoms. The van der Waals surface area contributed by atoms with Gasteiger partial charge >= 0.3 is 6.03 Å². The van der Waals surface area contributed by atoms with Crippen molar-refractivity contribution in [2.45, 2.75) is 6.92 Å². The first-order valence-corrected chi connectivity index (χ1v) is 9.20. The molecule has 150 valence electrons. The molecule has 29 heavy (non-hydrogen) atoms. The molecule has 0 saturated heterocycles. The molecule has 0 bridgehead atoms. The number of anilines is 2. The van der Waals surface area contributed by atoms with Gasteiger partial charge < -0.3 is 25.4 Å². The third kappa shape index (κ3) is 4.72. The van der Waals surface area contributed by atoms with Gasteiger partial charge in [-0.15, -0.1) is 0 Å². The van der Waals surface area contributed by atoms with Crippen LogP contribution in [0.15, 0.2) is 42.9 Å². The SMILES string of the molecule is Cc1ccn(-c2cc(NCCNC(=O)Nc3ccc4c(c3)OCCO4)ncn2)n1. The Balaban J connectivity index is 1.24.